The first-order valence-corrected chi connectivity index (χ1v) is 9.71. The number of nitrogens with one attached hydrogen (secondary N) is 1. The van der Waals surface area contributed by atoms with Crippen molar-refractivity contribution in [2.45, 2.75) is 32.7 Å². The zero-order valence-corrected chi connectivity index (χ0v) is 17.3. The molecule has 0 spiro atoms. The molecule has 1 heterocycles. The summed E-state index contributed by atoms with van der Waals surface area (Å²) in [6.07, 6.45) is 0.571. The lowest BCUT2D eigenvalue weighted by Crippen LogP contribution is -2.41. The van der Waals surface area contributed by atoms with Gasteiger partial charge in [0.1, 0.15) is 11.3 Å². The number of carbonyl (C=O) groups excluding carboxylic acids is 2. The predicted molar refractivity (Wildman–Crippen MR) is 108 cm³/mol. The fourth-order valence-corrected chi connectivity index (χ4v) is 3.56. The topological polar surface area (TPSA) is 58.6 Å². The van der Waals surface area contributed by atoms with Crippen molar-refractivity contribution in [2.75, 3.05) is 13.2 Å². The summed E-state index contributed by atoms with van der Waals surface area (Å²) in [6.45, 7) is 6.51. The van der Waals surface area contributed by atoms with Crippen molar-refractivity contribution in [3.63, 3.8) is 0 Å². The molecule has 2 aromatic carbocycles. The number of ether oxygens (including phenoxy) is 1. The number of rotatable bonds is 6. The molecule has 3 rings (SSSR count). The Balaban J connectivity index is 1.62. The fourth-order valence-electron chi connectivity index (χ4n) is 3.16. The number of hydrogen-bond donors (Lipinski definition) is 1. The highest BCUT2D eigenvalue weighted by molar-refractivity contribution is 9.10. The van der Waals surface area contributed by atoms with Gasteiger partial charge in [-0.15, -0.1) is 0 Å². The molecule has 0 bridgehead atoms. The lowest BCUT2D eigenvalue weighted by atomic mass is 9.92. The molecule has 1 fully saturated rings. The molecule has 1 atom stereocenters. The summed E-state index contributed by atoms with van der Waals surface area (Å²) in [4.78, 5) is 26.5. The number of nitrogens with zero attached hydrogens (tertiary/aromatic N) is 1. The van der Waals surface area contributed by atoms with Crippen LogP contribution in [0.1, 0.15) is 30.0 Å². The zero-order chi connectivity index (χ0) is 19.6. The summed E-state index contributed by atoms with van der Waals surface area (Å²) < 4.78 is 6.69. The molecule has 1 saturated heterocycles. The van der Waals surface area contributed by atoms with E-state index in [1.54, 1.807) is 6.92 Å². The van der Waals surface area contributed by atoms with Crippen LogP contribution in [0.3, 0.4) is 0 Å². The summed E-state index contributed by atoms with van der Waals surface area (Å²) >= 11 is 3.41. The maximum atomic E-state index is 12.9. The minimum absolute atomic E-state index is 0.239. The number of benzene rings is 2. The smallest absolute Gasteiger partial charge is 0.325 e. The number of aryl methyl sites for hydroxylation is 2. The van der Waals surface area contributed by atoms with Gasteiger partial charge < -0.3 is 10.1 Å². The third-order valence-corrected chi connectivity index (χ3v) is 5.30. The van der Waals surface area contributed by atoms with Crippen LogP contribution in [0, 0.1) is 13.8 Å². The molecule has 5 nitrogen and oxygen atoms in total. The van der Waals surface area contributed by atoms with E-state index in [1.165, 1.54) is 4.90 Å². The van der Waals surface area contributed by atoms with E-state index in [1.807, 2.05) is 56.3 Å². The van der Waals surface area contributed by atoms with Gasteiger partial charge in [-0.05, 0) is 62.1 Å². The van der Waals surface area contributed by atoms with Gasteiger partial charge in [-0.1, -0.05) is 40.2 Å². The number of hydrogen-bond acceptors (Lipinski definition) is 3. The lowest BCUT2D eigenvalue weighted by molar-refractivity contribution is -0.131. The van der Waals surface area contributed by atoms with E-state index < -0.39 is 5.54 Å². The monoisotopic (exact) mass is 430 g/mol. The second-order valence-electron chi connectivity index (χ2n) is 6.99. The van der Waals surface area contributed by atoms with Gasteiger partial charge in [0, 0.05) is 11.0 Å². The van der Waals surface area contributed by atoms with Gasteiger partial charge in [0.2, 0.25) is 0 Å². The van der Waals surface area contributed by atoms with Gasteiger partial charge >= 0.3 is 6.03 Å². The Morgan fingerprint density at radius 3 is 2.67 bits per heavy atom. The summed E-state index contributed by atoms with van der Waals surface area (Å²) in [5.41, 5.74) is 1.91. The first-order valence-electron chi connectivity index (χ1n) is 8.91. The zero-order valence-electron chi connectivity index (χ0n) is 15.7. The molecule has 0 saturated carbocycles. The van der Waals surface area contributed by atoms with Gasteiger partial charge in [-0.25, -0.2) is 4.79 Å². The van der Waals surface area contributed by atoms with Crippen molar-refractivity contribution < 1.29 is 14.3 Å². The van der Waals surface area contributed by atoms with Crippen LogP contribution in [0.15, 0.2) is 46.9 Å². The van der Waals surface area contributed by atoms with Crippen LogP contribution >= 0.6 is 15.9 Å². The lowest BCUT2D eigenvalue weighted by Gasteiger charge is -2.22. The molecule has 1 aliphatic rings. The van der Waals surface area contributed by atoms with E-state index in [0.717, 1.165) is 26.9 Å². The Morgan fingerprint density at radius 1 is 1.15 bits per heavy atom. The van der Waals surface area contributed by atoms with E-state index >= 15 is 0 Å². The molecule has 6 heteroatoms. The molecule has 3 amide bonds. The summed E-state index contributed by atoms with van der Waals surface area (Å²) in [7, 11) is 0. The summed E-state index contributed by atoms with van der Waals surface area (Å²) in [6, 6.07) is 13.1. The molecular formula is C21H23BrN2O3. The average molecular weight is 431 g/mol. The standard InChI is InChI=1S/C21H23BrN2O3/c1-14-8-9-15(2)18(12-14)27-11-5-10-24-19(25)21(3,23-20(24)26)16-6-4-7-17(22)13-16/h4,6-9,12-13H,5,10-11H2,1-3H3,(H,23,26)/t21-/m1/s1. The van der Waals surface area contributed by atoms with E-state index in [2.05, 4.69) is 21.2 Å². The number of amides is 3. The van der Waals surface area contributed by atoms with Gasteiger partial charge in [0.05, 0.1) is 6.61 Å². The molecule has 1 aliphatic heterocycles. The molecule has 27 heavy (non-hydrogen) atoms. The van der Waals surface area contributed by atoms with Crippen LogP contribution in [0.2, 0.25) is 0 Å². The predicted octanol–water partition coefficient (Wildman–Crippen LogP) is 4.30. The SMILES string of the molecule is Cc1ccc(C)c(OCCCN2C(=O)N[C@](C)(c3cccc(Br)c3)C2=O)c1. The summed E-state index contributed by atoms with van der Waals surface area (Å²) in [5, 5.41) is 2.82. The summed E-state index contributed by atoms with van der Waals surface area (Å²) in [5.74, 6) is 0.600. The van der Waals surface area contributed by atoms with Crippen molar-refractivity contribution >= 4 is 27.9 Å². The Labute approximate surface area is 167 Å². The molecule has 0 radical (unpaired) electrons. The minimum atomic E-state index is -1.05. The minimum Gasteiger partial charge on any atom is -0.493 e. The average Bonchev–Trinajstić information content (AvgIpc) is 2.85. The Hall–Kier alpha value is -2.34. The molecule has 0 aromatic heterocycles. The van der Waals surface area contributed by atoms with Crippen LogP contribution in [0.5, 0.6) is 5.75 Å². The number of carbonyl (C=O) groups is 2. The van der Waals surface area contributed by atoms with Crippen LogP contribution < -0.4 is 10.1 Å². The van der Waals surface area contributed by atoms with E-state index in [0.29, 0.717) is 19.6 Å². The van der Waals surface area contributed by atoms with Crippen molar-refractivity contribution in [1.82, 2.24) is 10.2 Å². The van der Waals surface area contributed by atoms with Crippen LogP contribution in [0.25, 0.3) is 0 Å². The molecule has 142 valence electrons. The second kappa shape index (κ2) is 7.72. The Bertz CT molecular complexity index is 883. The largest absolute Gasteiger partial charge is 0.493 e. The number of halogens is 1. The first kappa shape index (κ1) is 19.4. The van der Waals surface area contributed by atoms with Crippen molar-refractivity contribution in [2.24, 2.45) is 0 Å². The highest BCUT2D eigenvalue weighted by Crippen LogP contribution is 2.30. The van der Waals surface area contributed by atoms with Gasteiger partial charge in [-0.2, -0.15) is 0 Å². The van der Waals surface area contributed by atoms with Crippen molar-refractivity contribution in [1.29, 1.82) is 0 Å². The molecule has 1 N–H and O–H groups in total. The van der Waals surface area contributed by atoms with Crippen LogP contribution in [-0.4, -0.2) is 30.0 Å². The van der Waals surface area contributed by atoms with Crippen LogP contribution in [-0.2, 0) is 10.3 Å². The van der Waals surface area contributed by atoms with Gasteiger partial charge in [-0.3, -0.25) is 9.69 Å². The van der Waals surface area contributed by atoms with E-state index in [9.17, 15) is 9.59 Å². The Kier molecular flexibility index (Phi) is 5.56. The maximum absolute atomic E-state index is 12.9. The fraction of sp³-hybridized carbons (Fsp3) is 0.333. The number of urea groups is 1. The van der Waals surface area contributed by atoms with Gasteiger partial charge in [0.15, 0.2) is 0 Å². The third-order valence-electron chi connectivity index (χ3n) is 4.80. The number of imide groups is 1. The molecule has 0 aliphatic carbocycles. The molecule has 0 unspecified atom stereocenters. The third kappa shape index (κ3) is 4.00. The molecule has 2 aromatic rings. The van der Waals surface area contributed by atoms with E-state index in [4.69, 9.17) is 4.74 Å². The maximum Gasteiger partial charge on any atom is 0.325 e. The highest BCUT2D eigenvalue weighted by Gasteiger charge is 2.48. The van der Waals surface area contributed by atoms with Crippen molar-refractivity contribution in [3.8, 4) is 5.75 Å². The highest BCUT2D eigenvalue weighted by atomic mass is 79.9. The first-order chi connectivity index (χ1) is 12.8. The quantitative estimate of drug-likeness (QED) is 0.548. The second-order valence-corrected chi connectivity index (χ2v) is 7.91. The van der Waals surface area contributed by atoms with E-state index in [-0.39, 0.29) is 11.9 Å². The van der Waals surface area contributed by atoms with Crippen LogP contribution in [0.4, 0.5) is 4.79 Å². The van der Waals surface area contributed by atoms with Gasteiger partial charge in [0.25, 0.3) is 5.91 Å². The molecular weight excluding hydrogens is 408 g/mol. The van der Waals surface area contributed by atoms with Crippen molar-refractivity contribution in [3.05, 3.63) is 63.6 Å². The Morgan fingerprint density at radius 2 is 1.93 bits per heavy atom. The normalized spacial score (nSPS) is 19.3.